The standard InChI is InChI=1S/C31H32N6O2/c1-3-8-29-32-28(4-2)27(18-22-9-7-10-23(17-22)20-38)31(39)37(29)19-21-13-15-24(16-14-21)25-11-5-6-12-26(25)30-33-35-36-34-30/h5-7,9-17,38H,3-4,8,18-20H2,1-2H3,(H,33,34,35,36). The molecular formula is C31H32N6O2. The quantitative estimate of drug-likeness (QED) is 0.275. The van der Waals surface area contributed by atoms with Crippen LogP contribution < -0.4 is 5.56 Å². The molecule has 0 unspecified atom stereocenters. The lowest BCUT2D eigenvalue weighted by Crippen LogP contribution is -2.31. The largest absolute Gasteiger partial charge is 0.392 e. The fourth-order valence-corrected chi connectivity index (χ4v) is 4.96. The van der Waals surface area contributed by atoms with Gasteiger partial charge in [-0.15, -0.1) is 5.10 Å². The Morgan fingerprint density at radius 2 is 1.67 bits per heavy atom. The lowest BCUT2D eigenvalue weighted by Gasteiger charge is -2.17. The number of nitrogens with one attached hydrogen (secondary N) is 1. The number of rotatable bonds is 10. The number of tetrazole rings is 1. The van der Waals surface area contributed by atoms with Gasteiger partial charge in [0.1, 0.15) is 5.82 Å². The van der Waals surface area contributed by atoms with Gasteiger partial charge in [0.25, 0.3) is 5.56 Å². The van der Waals surface area contributed by atoms with E-state index in [2.05, 4.69) is 51.8 Å². The predicted molar refractivity (Wildman–Crippen MR) is 151 cm³/mol. The zero-order chi connectivity index (χ0) is 27.2. The summed E-state index contributed by atoms with van der Waals surface area (Å²) in [6.45, 7) is 4.57. The highest BCUT2D eigenvalue weighted by Crippen LogP contribution is 2.29. The van der Waals surface area contributed by atoms with Gasteiger partial charge in [0.15, 0.2) is 5.82 Å². The van der Waals surface area contributed by atoms with Crippen LogP contribution in [-0.4, -0.2) is 35.3 Å². The lowest BCUT2D eigenvalue weighted by molar-refractivity contribution is 0.281. The van der Waals surface area contributed by atoms with E-state index in [1.54, 1.807) is 0 Å². The Morgan fingerprint density at radius 3 is 2.36 bits per heavy atom. The fraction of sp³-hybridized carbons (Fsp3) is 0.258. The van der Waals surface area contributed by atoms with Crippen molar-refractivity contribution in [2.75, 3.05) is 0 Å². The minimum atomic E-state index is -0.0256. The third-order valence-corrected chi connectivity index (χ3v) is 6.92. The van der Waals surface area contributed by atoms with Gasteiger partial charge in [-0.2, -0.15) is 0 Å². The van der Waals surface area contributed by atoms with Crippen LogP contribution in [0.15, 0.2) is 77.6 Å². The molecule has 0 saturated heterocycles. The number of H-pyrrole nitrogens is 1. The average molecular weight is 521 g/mol. The Bertz CT molecular complexity index is 1610. The molecule has 5 rings (SSSR count). The summed E-state index contributed by atoms with van der Waals surface area (Å²) in [6, 6.07) is 24.0. The third-order valence-electron chi connectivity index (χ3n) is 6.92. The van der Waals surface area contributed by atoms with E-state index in [0.29, 0.717) is 25.2 Å². The number of aliphatic hydroxyl groups excluding tert-OH is 1. The van der Waals surface area contributed by atoms with Crippen molar-refractivity contribution < 1.29 is 5.11 Å². The Morgan fingerprint density at radius 1 is 0.897 bits per heavy atom. The topological polar surface area (TPSA) is 110 Å². The van der Waals surface area contributed by atoms with Crippen molar-refractivity contribution in [2.45, 2.75) is 52.7 Å². The number of aliphatic hydroxyl groups is 1. The van der Waals surface area contributed by atoms with E-state index in [4.69, 9.17) is 4.98 Å². The average Bonchev–Trinajstić information content (AvgIpc) is 3.52. The Labute approximate surface area is 227 Å². The second-order valence-corrected chi connectivity index (χ2v) is 9.60. The molecule has 0 radical (unpaired) electrons. The van der Waals surface area contributed by atoms with Crippen LogP contribution in [0, 0.1) is 0 Å². The highest BCUT2D eigenvalue weighted by atomic mass is 16.3. The van der Waals surface area contributed by atoms with Crippen LogP contribution in [0.3, 0.4) is 0 Å². The van der Waals surface area contributed by atoms with Gasteiger partial charge in [-0.3, -0.25) is 9.36 Å². The van der Waals surface area contributed by atoms with E-state index in [9.17, 15) is 9.90 Å². The molecule has 2 N–H and O–H groups in total. The normalized spacial score (nSPS) is 11.2. The lowest BCUT2D eigenvalue weighted by atomic mass is 9.98. The number of hydrogen-bond donors (Lipinski definition) is 2. The number of aromatic nitrogens is 6. The van der Waals surface area contributed by atoms with Crippen LogP contribution in [0.1, 0.15) is 54.0 Å². The molecule has 198 valence electrons. The van der Waals surface area contributed by atoms with Gasteiger partial charge in [0.05, 0.1) is 18.8 Å². The minimum absolute atomic E-state index is 0.00643. The molecule has 8 nitrogen and oxygen atoms in total. The van der Waals surface area contributed by atoms with Gasteiger partial charge < -0.3 is 5.11 Å². The summed E-state index contributed by atoms with van der Waals surface area (Å²) in [5, 5.41) is 23.9. The molecule has 0 saturated carbocycles. The zero-order valence-corrected chi connectivity index (χ0v) is 22.3. The number of hydrogen-bond acceptors (Lipinski definition) is 6. The monoisotopic (exact) mass is 520 g/mol. The summed E-state index contributed by atoms with van der Waals surface area (Å²) in [5.41, 5.74) is 7.41. The van der Waals surface area contributed by atoms with Crippen molar-refractivity contribution >= 4 is 0 Å². The van der Waals surface area contributed by atoms with E-state index in [1.165, 1.54) is 0 Å². The smallest absolute Gasteiger partial charge is 0.257 e. The summed E-state index contributed by atoms with van der Waals surface area (Å²) >= 11 is 0. The van der Waals surface area contributed by atoms with Gasteiger partial charge in [-0.05, 0) is 51.1 Å². The number of benzene rings is 3. The van der Waals surface area contributed by atoms with E-state index in [0.717, 1.165) is 63.3 Å². The molecule has 0 amide bonds. The second-order valence-electron chi connectivity index (χ2n) is 9.60. The first-order valence-electron chi connectivity index (χ1n) is 13.3. The molecule has 0 aliphatic rings. The van der Waals surface area contributed by atoms with Crippen molar-refractivity contribution in [1.82, 2.24) is 30.2 Å². The van der Waals surface area contributed by atoms with Crippen LogP contribution in [0.5, 0.6) is 0 Å². The van der Waals surface area contributed by atoms with Crippen LogP contribution in [-0.2, 0) is 32.4 Å². The first kappa shape index (κ1) is 26.2. The predicted octanol–water partition coefficient (Wildman–Crippen LogP) is 4.74. The van der Waals surface area contributed by atoms with Gasteiger partial charge in [0.2, 0.25) is 0 Å². The molecular weight excluding hydrogens is 488 g/mol. The van der Waals surface area contributed by atoms with Crippen molar-refractivity contribution in [3.05, 3.63) is 117 Å². The third kappa shape index (κ3) is 5.71. The first-order chi connectivity index (χ1) is 19.1. The zero-order valence-electron chi connectivity index (χ0n) is 22.3. The van der Waals surface area contributed by atoms with Gasteiger partial charge >= 0.3 is 0 Å². The molecule has 0 atom stereocenters. The van der Waals surface area contributed by atoms with Crippen LogP contribution >= 0.6 is 0 Å². The summed E-state index contributed by atoms with van der Waals surface area (Å²) in [5.74, 6) is 1.43. The highest BCUT2D eigenvalue weighted by molar-refractivity contribution is 5.80. The van der Waals surface area contributed by atoms with Crippen molar-refractivity contribution in [3.8, 4) is 22.5 Å². The van der Waals surface area contributed by atoms with Gasteiger partial charge in [-0.25, -0.2) is 10.1 Å². The first-order valence-corrected chi connectivity index (χ1v) is 13.3. The maximum atomic E-state index is 13.9. The number of aryl methyl sites for hydroxylation is 2. The van der Waals surface area contributed by atoms with Gasteiger partial charge in [-0.1, -0.05) is 86.6 Å². The second kappa shape index (κ2) is 12.0. The summed E-state index contributed by atoms with van der Waals surface area (Å²) in [4.78, 5) is 18.9. The van der Waals surface area contributed by atoms with E-state index >= 15 is 0 Å². The Balaban J connectivity index is 1.49. The van der Waals surface area contributed by atoms with Crippen molar-refractivity contribution in [3.63, 3.8) is 0 Å². The van der Waals surface area contributed by atoms with E-state index < -0.39 is 0 Å². The molecule has 3 aromatic carbocycles. The SMILES string of the molecule is CCCc1nc(CC)c(Cc2cccc(CO)c2)c(=O)n1Cc1ccc(-c2ccccc2-c2nnn[nH]2)cc1. The molecule has 0 fully saturated rings. The summed E-state index contributed by atoms with van der Waals surface area (Å²) in [7, 11) is 0. The Kier molecular flexibility index (Phi) is 8.03. The fourth-order valence-electron chi connectivity index (χ4n) is 4.96. The van der Waals surface area contributed by atoms with Crippen LogP contribution in [0.25, 0.3) is 22.5 Å². The Hall–Kier alpha value is -4.43. The van der Waals surface area contributed by atoms with Gasteiger partial charge in [0, 0.05) is 24.0 Å². The molecule has 8 heteroatoms. The number of aromatic amines is 1. The molecule has 0 aliphatic carbocycles. The van der Waals surface area contributed by atoms with E-state index in [1.807, 2.05) is 60.0 Å². The molecule has 2 heterocycles. The summed E-state index contributed by atoms with van der Waals surface area (Å²) < 4.78 is 1.83. The minimum Gasteiger partial charge on any atom is -0.392 e. The van der Waals surface area contributed by atoms with Crippen molar-refractivity contribution in [1.29, 1.82) is 0 Å². The summed E-state index contributed by atoms with van der Waals surface area (Å²) in [6.07, 6.45) is 2.82. The molecule has 5 aromatic rings. The van der Waals surface area contributed by atoms with Crippen LogP contribution in [0.2, 0.25) is 0 Å². The molecule has 39 heavy (non-hydrogen) atoms. The molecule has 2 aromatic heterocycles. The maximum absolute atomic E-state index is 13.9. The maximum Gasteiger partial charge on any atom is 0.257 e. The molecule has 0 aliphatic heterocycles. The number of nitrogens with zero attached hydrogens (tertiary/aromatic N) is 5. The van der Waals surface area contributed by atoms with E-state index in [-0.39, 0.29) is 12.2 Å². The van der Waals surface area contributed by atoms with Crippen molar-refractivity contribution in [2.24, 2.45) is 0 Å². The molecule has 0 bridgehead atoms. The highest BCUT2D eigenvalue weighted by Gasteiger charge is 2.17. The molecule has 0 spiro atoms. The van der Waals surface area contributed by atoms with Crippen LogP contribution in [0.4, 0.5) is 0 Å².